The summed E-state index contributed by atoms with van der Waals surface area (Å²) < 4.78 is 28.3. The molecule has 1 aliphatic heterocycles. The third-order valence-corrected chi connectivity index (χ3v) is 7.05. The Balaban J connectivity index is 1.86. The Labute approximate surface area is 135 Å². The number of aromatic nitrogens is 1. The van der Waals surface area contributed by atoms with Crippen LogP contribution < -0.4 is 0 Å². The Kier molecular flexibility index (Phi) is 4.66. The summed E-state index contributed by atoms with van der Waals surface area (Å²) in [6.07, 6.45) is 11.2. The molecule has 116 valence electrons. The first-order chi connectivity index (χ1) is 10.1. The van der Waals surface area contributed by atoms with Gasteiger partial charge >= 0.3 is 0 Å². The zero-order chi connectivity index (χ0) is 14.9. The van der Waals surface area contributed by atoms with Gasteiger partial charge in [0.15, 0.2) is 0 Å². The summed E-state index contributed by atoms with van der Waals surface area (Å²) in [7, 11) is -3.42. The Morgan fingerprint density at radius 1 is 1.10 bits per heavy atom. The molecule has 0 bridgehead atoms. The molecule has 0 radical (unpaired) electrons. The van der Waals surface area contributed by atoms with Gasteiger partial charge in [-0.25, -0.2) is 8.42 Å². The molecule has 1 saturated heterocycles. The zero-order valence-electron chi connectivity index (χ0n) is 12.0. The van der Waals surface area contributed by atoms with Gasteiger partial charge in [-0.1, -0.05) is 19.3 Å². The van der Waals surface area contributed by atoms with Crippen molar-refractivity contribution in [2.75, 3.05) is 6.54 Å². The van der Waals surface area contributed by atoms with E-state index in [9.17, 15) is 8.42 Å². The lowest BCUT2D eigenvalue weighted by atomic mass is 9.83. The molecule has 1 aliphatic carbocycles. The van der Waals surface area contributed by atoms with Crippen LogP contribution in [-0.4, -0.2) is 30.3 Å². The molecule has 21 heavy (non-hydrogen) atoms. The third-order valence-electron chi connectivity index (χ3n) is 4.73. The minimum absolute atomic E-state index is 0.189. The summed E-state index contributed by atoms with van der Waals surface area (Å²) in [5.74, 6) is 0.538. The van der Waals surface area contributed by atoms with E-state index < -0.39 is 10.0 Å². The summed E-state index contributed by atoms with van der Waals surface area (Å²) in [4.78, 5) is 4.31. The lowest BCUT2D eigenvalue weighted by Crippen LogP contribution is -2.40. The van der Waals surface area contributed by atoms with Gasteiger partial charge in [0.2, 0.25) is 10.0 Å². The van der Waals surface area contributed by atoms with Gasteiger partial charge in [0, 0.05) is 29.5 Å². The molecule has 0 aromatic carbocycles. The Morgan fingerprint density at radius 3 is 2.57 bits per heavy atom. The van der Waals surface area contributed by atoms with E-state index in [4.69, 9.17) is 0 Å². The Hall–Kier alpha value is -0.460. The normalized spacial score (nSPS) is 25.3. The second kappa shape index (κ2) is 6.34. The molecule has 2 heterocycles. The van der Waals surface area contributed by atoms with Crippen molar-refractivity contribution in [1.29, 1.82) is 0 Å². The maximum absolute atomic E-state index is 12.9. The van der Waals surface area contributed by atoms with Crippen LogP contribution in [0.4, 0.5) is 0 Å². The third kappa shape index (κ3) is 3.17. The van der Waals surface area contributed by atoms with Crippen molar-refractivity contribution in [1.82, 2.24) is 9.29 Å². The summed E-state index contributed by atoms with van der Waals surface area (Å²) in [5.41, 5.74) is 0. The standard InChI is InChI=1S/C15H21BrN2O2S/c16-13-9-14(11-17-10-13)21(19,20)18-8-4-7-15(18)12-5-2-1-3-6-12/h9-12,15H,1-8H2. The topological polar surface area (TPSA) is 50.3 Å². The predicted molar refractivity (Wildman–Crippen MR) is 85.4 cm³/mol. The first-order valence-corrected chi connectivity index (χ1v) is 9.95. The summed E-state index contributed by atoms with van der Waals surface area (Å²) in [6, 6.07) is 1.84. The van der Waals surface area contributed by atoms with Crippen LogP contribution in [-0.2, 0) is 10.0 Å². The molecular weight excluding hydrogens is 352 g/mol. The fourth-order valence-electron chi connectivity index (χ4n) is 3.72. The maximum atomic E-state index is 12.9. The van der Waals surface area contributed by atoms with E-state index >= 15 is 0 Å². The zero-order valence-corrected chi connectivity index (χ0v) is 14.4. The average Bonchev–Trinajstić information content (AvgIpc) is 2.98. The lowest BCUT2D eigenvalue weighted by molar-refractivity contribution is 0.226. The smallest absolute Gasteiger partial charge is 0.244 e. The number of pyridine rings is 1. The molecule has 0 N–H and O–H groups in total. The molecule has 1 aromatic rings. The minimum atomic E-state index is -3.42. The van der Waals surface area contributed by atoms with Gasteiger partial charge in [0.25, 0.3) is 0 Å². The van der Waals surface area contributed by atoms with Crippen molar-refractivity contribution in [3.8, 4) is 0 Å². The van der Waals surface area contributed by atoms with Crippen molar-refractivity contribution in [2.45, 2.75) is 55.9 Å². The van der Waals surface area contributed by atoms with Gasteiger partial charge in [0.05, 0.1) is 0 Å². The van der Waals surface area contributed by atoms with E-state index in [0.29, 0.717) is 21.8 Å². The van der Waals surface area contributed by atoms with Crippen LogP contribution in [0.5, 0.6) is 0 Å². The molecule has 0 spiro atoms. The Bertz CT molecular complexity index is 599. The highest BCUT2D eigenvalue weighted by Crippen LogP contribution is 2.37. The molecule has 1 unspecified atom stereocenters. The van der Waals surface area contributed by atoms with Crippen molar-refractivity contribution in [3.05, 3.63) is 22.9 Å². The molecule has 6 heteroatoms. The summed E-state index contributed by atoms with van der Waals surface area (Å²) in [5, 5.41) is 0. The quantitative estimate of drug-likeness (QED) is 0.814. The van der Waals surface area contributed by atoms with Crippen LogP contribution in [0, 0.1) is 5.92 Å². The molecular formula is C15H21BrN2O2S. The SMILES string of the molecule is O=S(=O)(c1cncc(Br)c1)N1CCCC1C1CCCCC1. The first-order valence-electron chi connectivity index (χ1n) is 7.71. The van der Waals surface area contributed by atoms with Crippen molar-refractivity contribution >= 4 is 26.0 Å². The van der Waals surface area contributed by atoms with Crippen LogP contribution in [0.1, 0.15) is 44.9 Å². The second-order valence-electron chi connectivity index (χ2n) is 6.06. The van der Waals surface area contributed by atoms with Crippen LogP contribution in [0.2, 0.25) is 0 Å². The fraction of sp³-hybridized carbons (Fsp3) is 0.667. The van der Waals surface area contributed by atoms with E-state index in [1.807, 2.05) is 0 Å². The van der Waals surface area contributed by atoms with E-state index in [0.717, 1.165) is 12.8 Å². The molecule has 2 aliphatic rings. The first kappa shape index (κ1) is 15.4. The fourth-order valence-corrected chi connectivity index (χ4v) is 5.98. The van der Waals surface area contributed by atoms with Gasteiger partial charge in [-0.05, 0) is 53.6 Å². The molecule has 1 atom stereocenters. The number of sulfonamides is 1. The molecule has 4 nitrogen and oxygen atoms in total. The number of hydrogen-bond donors (Lipinski definition) is 0. The monoisotopic (exact) mass is 372 g/mol. The highest BCUT2D eigenvalue weighted by atomic mass is 79.9. The van der Waals surface area contributed by atoms with Gasteiger partial charge in [0.1, 0.15) is 4.90 Å². The highest BCUT2D eigenvalue weighted by molar-refractivity contribution is 9.10. The van der Waals surface area contributed by atoms with Crippen LogP contribution in [0.25, 0.3) is 0 Å². The highest BCUT2D eigenvalue weighted by Gasteiger charge is 2.39. The largest absolute Gasteiger partial charge is 0.262 e. The average molecular weight is 373 g/mol. The van der Waals surface area contributed by atoms with Crippen LogP contribution >= 0.6 is 15.9 Å². The van der Waals surface area contributed by atoms with E-state index in [-0.39, 0.29) is 6.04 Å². The van der Waals surface area contributed by atoms with E-state index in [1.54, 1.807) is 16.6 Å². The maximum Gasteiger partial charge on any atom is 0.244 e. The van der Waals surface area contributed by atoms with E-state index in [1.165, 1.54) is 38.3 Å². The van der Waals surface area contributed by atoms with Gasteiger partial charge in [-0.2, -0.15) is 4.31 Å². The second-order valence-corrected chi connectivity index (χ2v) is 8.87. The minimum Gasteiger partial charge on any atom is -0.262 e. The molecule has 3 rings (SSSR count). The Morgan fingerprint density at radius 2 is 1.86 bits per heavy atom. The van der Waals surface area contributed by atoms with Gasteiger partial charge in [-0.15, -0.1) is 0 Å². The molecule has 2 fully saturated rings. The van der Waals surface area contributed by atoms with Crippen LogP contribution in [0.3, 0.4) is 0 Å². The lowest BCUT2D eigenvalue weighted by Gasteiger charge is -2.33. The van der Waals surface area contributed by atoms with Crippen molar-refractivity contribution < 1.29 is 8.42 Å². The van der Waals surface area contributed by atoms with Crippen molar-refractivity contribution in [3.63, 3.8) is 0 Å². The number of hydrogen-bond acceptors (Lipinski definition) is 3. The summed E-state index contributed by atoms with van der Waals surface area (Å²) >= 11 is 3.31. The molecule has 0 amide bonds. The van der Waals surface area contributed by atoms with Crippen molar-refractivity contribution in [2.24, 2.45) is 5.92 Å². The molecule has 1 aromatic heterocycles. The van der Waals surface area contributed by atoms with Crippen LogP contribution in [0.15, 0.2) is 27.8 Å². The van der Waals surface area contributed by atoms with Gasteiger partial charge < -0.3 is 0 Å². The number of halogens is 1. The summed E-state index contributed by atoms with van der Waals surface area (Å²) in [6.45, 7) is 0.649. The van der Waals surface area contributed by atoms with E-state index in [2.05, 4.69) is 20.9 Å². The molecule has 1 saturated carbocycles. The predicted octanol–water partition coefficient (Wildman–Crippen LogP) is 3.58. The number of nitrogens with zero attached hydrogens (tertiary/aromatic N) is 2. The number of rotatable bonds is 3. The van der Waals surface area contributed by atoms with Gasteiger partial charge in [-0.3, -0.25) is 4.98 Å².